The van der Waals surface area contributed by atoms with E-state index in [9.17, 15) is 9.18 Å². The van der Waals surface area contributed by atoms with Crippen LogP contribution in [0.25, 0.3) is 0 Å². The van der Waals surface area contributed by atoms with E-state index in [4.69, 9.17) is 27.8 Å². The van der Waals surface area contributed by atoms with Gasteiger partial charge >= 0.3 is 0 Å². The molecule has 2 aromatic rings. The number of rotatable bonds is 4. The SMILES string of the molecule is NC(=O)c1ccc(COc2cc(N)ccc2Cl)c(F)c1. The number of hydrogen-bond donors (Lipinski definition) is 2. The maximum Gasteiger partial charge on any atom is 0.248 e. The van der Waals surface area contributed by atoms with Crippen molar-refractivity contribution >= 4 is 23.2 Å². The van der Waals surface area contributed by atoms with Gasteiger partial charge in [0.15, 0.2) is 0 Å². The fourth-order valence-electron chi connectivity index (χ4n) is 1.60. The Morgan fingerprint density at radius 3 is 2.65 bits per heavy atom. The second kappa shape index (κ2) is 5.79. The van der Waals surface area contributed by atoms with Crippen LogP contribution in [0.2, 0.25) is 5.02 Å². The highest BCUT2D eigenvalue weighted by Gasteiger charge is 2.09. The van der Waals surface area contributed by atoms with Gasteiger partial charge in [-0.2, -0.15) is 0 Å². The largest absolute Gasteiger partial charge is 0.487 e. The number of hydrogen-bond acceptors (Lipinski definition) is 3. The van der Waals surface area contributed by atoms with Gasteiger partial charge in [-0.25, -0.2) is 4.39 Å². The van der Waals surface area contributed by atoms with E-state index in [1.807, 2.05) is 0 Å². The van der Waals surface area contributed by atoms with E-state index in [0.29, 0.717) is 16.5 Å². The Morgan fingerprint density at radius 1 is 1.25 bits per heavy atom. The highest BCUT2D eigenvalue weighted by atomic mass is 35.5. The van der Waals surface area contributed by atoms with Crippen LogP contribution in [-0.2, 0) is 6.61 Å². The number of anilines is 1. The van der Waals surface area contributed by atoms with Gasteiger partial charge in [-0.05, 0) is 24.3 Å². The highest BCUT2D eigenvalue weighted by molar-refractivity contribution is 6.32. The van der Waals surface area contributed by atoms with Crippen molar-refractivity contribution in [2.24, 2.45) is 5.73 Å². The Balaban J connectivity index is 2.15. The molecule has 0 bridgehead atoms. The lowest BCUT2D eigenvalue weighted by molar-refractivity contribution is 0.0999. The predicted octanol–water partition coefficient (Wildman–Crippen LogP) is 2.74. The average molecular weight is 295 g/mol. The van der Waals surface area contributed by atoms with Gasteiger partial charge in [-0.3, -0.25) is 4.79 Å². The van der Waals surface area contributed by atoms with Crippen molar-refractivity contribution in [1.82, 2.24) is 0 Å². The first-order valence-electron chi connectivity index (χ1n) is 5.73. The molecule has 0 spiro atoms. The standard InChI is InChI=1S/C14H12ClFN2O2/c15-11-4-3-10(17)6-13(11)20-7-9-2-1-8(14(18)19)5-12(9)16/h1-6H,7,17H2,(H2,18,19). The Bertz CT molecular complexity index is 662. The van der Waals surface area contributed by atoms with Crippen LogP contribution in [-0.4, -0.2) is 5.91 Å². The normalized spacial score (nSPS) is 10.3. The van der Waals surface area contributed by atoms with Gasteiger partial charge in [0.2, 0.25) is 5.91 Å². The third-order valence-corrected chi connectivity index (χ3v) is 2.99. The summed E-state index contributed by atoms with van der Waals surface area (Å²) in [6, 6.07) is 8.73. The zero-order valence-corrected chi connectivity index (χ0v) is 11.2. The number of halogens is 2. The van der Waals surface area contributed by atoms with Crippen molar-refractivity contribution in [3.05, 3.63) is 58.4 Å². The first-order valence-corrected chi connectivity index (χ1v) is 6.11. The number of primary amides is 1. The second-order valence-corrected chi connectivity index (χ2v) is 4.56. The molecule has 6 heteroatoms. The molecule has 0 saturated heterocycles. The van der Waals surface area contributed by atoms with Crippen LogP contribution in [0.1, 0.15) is 15.9 Å². The number of carbonyl (C=O) groups excluding carboxylic acids is 1. The number of ether oxygens (including phenoxy) is 1. The average Bonchev–Trinajstić information content (AvgIpc) is 2.40. The third kappa shape index (κ3) is 3.19. The van der Waals surface area contributed by atoms with Crippen molar-refractivity contribution in [2.45, 2.75) is 6.61 Å². The molecule has 104 valence electrons. The third-order valence-electron chi connectivity index (χ3n) is 2.68. The molecule has 4 nitrogen and oxygen atoms in total. The lowest BCUT2D eigenvalue weighted by Gasteiger charge is -2.10. The van der Waals surface area contributed by atoms with Gasteiger partial charge in [0.05, 0.1) is 5.02 Å². The van der Waals surface area contributed by atoms with Gasteiger partial charge < -0.3 is 16.2 Å². The topological polar surface area (TPSA) is 78.3 Å². The van der Waals surface area contributed by atoms with Crippen molar-refractivity contribution in [3.8, 4) is 5.75 Å². The fourth-order valence-corrected chi connectivity index (χ4v) is 1.78. The van der Waals surface area contributed by atoms with Crippen LogP contribution < -0.4 is 16.2 Å². The molecule has 0 unspecified atom stereocenters. The molecular formula is C14H12ClFN2O2. The Morgan fingerprint density at radius 2 is 2.00 bits per heavy atom. The van der Waals surface area contributed by atoms with Crippen LogP contribution in [0.5, 0.6) is 5.75 Å². The number of carbonyl (C=O) groups is 1. The van der Waals surface area contributed by atoms with Gasteiger partial charge in [-0.15, -0.1) is 0 Å². The van der Waals surface area contributed by atoms with E-state index in [-0.39, 0.29) is 17.7 Å². The molecule has 0 atom stereocenters. The van der Waals surface area contributed by atoms with E-state index in [0.717, 1.165) is 6.07 Å². The molecule has 2 aromatic carbocycles. The number of nitrogen functional groups attached to an aromatic ring is 1. The molecule has 0 heterocycles. The van der Waals surface area contributed by atoms with E-state index in [1.165, 1.54) is 12.1 Å². The van der Waals surface area contributed by atoms with Gasteiger partial charge in [-0.1, -0.05) is 17.7 Å². The fraction of sp³-hybridized carbons (Fsp3) is 0.0714. The summed E-state index contributed by atoms with van der Waals surface area (Å²) in [5.74, 6) is -0.887. The smallest absolute Gasteiger partial charge is 0.248 e. The molecule has 0 aromatic heterocycles. The first kappa shape index (κ1) is 14.1. The van der Waals surface area contributed by atoms with E-state index in [2.05, 4.69) is 0 Å². The van der Waals surface area contributed by atoms with Crippen LogP contribution in [0.15, 0.2) is 36.4 Å². The summed E-state index contributed by atoms with van der Waals surface area (Å²) in [6.45, 7) is -0.0337. The maximum absolute atomic E-state index is 13.7. The molecule has 0 fully saturated rings. The highest BCUT2D eigenvalue weighted by Crippen LogP contribution is 2.27. The zero-order valence-electron chi connectivity index (χ0n) is 10.4. The summed E-state index contributed by atoms with van der Waals surface area (Å²) in [6.07, 6.45) is 0. The van der Waals surface area contributed by atoms with Crippen LogP contribution >= 0.6 is 11.6 Å². The minimum Gasteiger partial charge on any atom is -0.487 e. The van der Waals surface area contributed by atoms with Crippen LogP contribution in [0, 0.1) is 5.82 Å². The van der Waals surface area contributed by atoms with Crippen molar-refractivity contribution in [2.75, 3.05) is 5.73 Å². The molecule has 0 aliphatic rings. The molecule has 20 heavy (non-hydrogen) atoms. The van der Waals surface area contributed by atoms with Gasteiger partial charge in [0.25, 0.3) is 0 Å². The zero-order chi connectivity index (χ0) is 14.7. The number of benzene rings is 2. The van der Waals surface area contributed by atoms with Gasteiger partial charge in [0, 0.05) is 22.9 Å². The molecule has 0 saturated carbocycles. The Hall–Kier alpha value is -2.27. The Labute approximate surface area is 120 Å². The van der Waals surface area contributed by atoms with E-state index >= 15 is 0 Å². The lowest BCUT2D eigenvalue weighted by atomic mass is 10.1. The summed E-state index contributed by atoms with van der Waals surface area (Å²) >= 11 is 5.93. The Kier molecular flexibility index (Phi) is 4.10. The van der Waals surface area contributed by atoms with Crippen molar-refractivity contribution < 1.29 is 13.9 Å². The summed E-state index contributed by atoms with van der Waals surface area (Å²) in [4.78, 5) is 10.9. The molecule has 2 rings (SSSR count). The molecule has 0 aliphatic carbocycles. The minimum absolute atomic E-state index is 0.0337. The van der Waals surface area contributed by atoms with E-state index in [1.54, 1.807) is 18.2 Å². The van der Waals surface area contributed by atoms with Crippen molar-refractivity contribution in [1.29, 1.82) is 0 Å². The molecule has 1 amide bonds. The maximum atomic E-state index is 13.7. The monoisotopic (exact) mass is 294 g/mol. The number of nitrogens with two attached hydrogens (primary N) is 2. The van der Waals surface area contributed by atoms with Crippen LogP contribution in [0.4, 0.5) is 10.1 Å². The number of amides is 1. The van der Waals surface area contributed by atoms with Crippen molar-refractivity contribution in [3.63, 3.8) is 0 Å². The molecule has 0 radical (unpaired) electrons. The van der Waals surface area contributed by atoms with E-state index < -0.39 is 11.7 Å². The summed E-state index contributed by atoms with van der Waals surface area (Å²) in [5.41, 5.74) is 11.6. The first-order chi connectivity index (χ1) is 9.47. The predicted molar refractivity (Wildman–Crippen MR) is 75.1 cm³/mol. The summed E-state index contributed by atoms with van der Waals surface area (Å²) in [7, 11) is 0. The summed E-state index contributed by atoms with van der Waals surface area (Å²) < 4.78 is 19.2. The summed E-state index contributed by atoms with van der Waals surface area (Å²) in [5, 5.41) is 0.383. The van der Waals surface area contributed by atoms with Gasteiger partial charge in [0.1, 0.15) is 18.2 Å². The molecule has 4 N–H and O–H groups in total. The second-order valence-electron chi connectivity index (χ2n) is 4.15. The minimum atomic E-state index is -0.685. The quantitative estimate of drug-likeness (QED) is 0.851. The lowest BCUT2D eigenvalue weighted by Crippen LogP contribution is -2.11. The van der Waals surface area contributed by atoms with Crippen LogP contribution in [0.3, 0.4) is 0 Å². The molecular weight excluding hydrogens is 283 g/mol. The molecule has 0 aliphatic heterocycles.